The van der Waals surface area contributed by atoms with Crippen LogP contribution in [0.25, 0.3) is 0 Å². The van der Waals surface area contributed by atoms with Crippen molar-refractivity contribution in [3.05, 3.63) is 42.4 Å². The molecule has 2 aromatic heterocycles. The summed E-state index contributed by atoms with van der Waals surface area (Å²) in [5.74, 6) is 1.31. The first-order chi connectivity index (χ1) is 16.6. The molecular weight excluding hydrogens is 466 g/mol. The minimum absolute atomic E-state index is 0.0709. The van der Waals surface area contributed by atoms with E-state index in [-0.39, 0.29) is 22.4 Å². The Hall–Kier alpha value is -3.47. The molecule has 1 atom stereocenters. The summed E-state index contributed by atoms with van der Waals surface area (Å²) in [7, 11) is 0. The maximum atomic E-state index is 11.7. The fourth-order valence-electron chi connectivity index (χ4n) is 3.94. The normalized spacial score (nSPS) is 18.1. The van der Waals surface area contributed by atoms with Crippen molar-refractivity contribution in [2.75, 3.05) is 29.9 Å². The molecule has 10 nitrogen and oxygen atoms in total. The highest BCUT2D eigenvalue weighted by atomic mass is 32.1. The van der Waals surface area contributed by atoms with Crippen LogP contribution in [0.5, 0.6) is 5.75 Å². The third kappa shape index (κ3) is 6.36. The number of piperazine rings is 1. The average Bonchev–Trinajstić information content (AvgIpc) is 3.63. The van der Waals surface area contributed by atoms with Gasteiger partial charge in [-0.25, -0.2) is 14.8 Å². The summed E-state index contributed by atoms with van der Waals surface area (Å²) in [6, 6.07) is 7.13. The predicted molar refractivity (Wildman–Crippen MR) is 138 cm³/mol. The summed E-state index contributed by atoms with van der Waals surface area (Å²) in [5.41, 5.74) is 1.18. The zero-order valence-electron chi connectivity index (χ0n) is 20.1. The summed E-state index contributed by atoms with van der Waals surface area (Å²) in [5, 5.41) is 23.8. The number of nitrogens with zero attached hydrogens (tertiary/aromatic N) is 4. The zero-order valence-corrected chi connectivity index (χ0v) is 20.9. The average molecular weight is 498 g/mol. The lowest BCUT2D eigenvalue weighted by Crippen LogP contribution is -2.59. The van der Waals surface area contributed by atoms with Crippen molar-refractivity contribution in [2.45, 2.75) is 45.8 Å². The number of amidine groups is 1. The number of carboxylic acid groups (broad SMARTS) is 1. The fourth-order valence-corrected chi connectivity index (χ4v) is 4.14. The lowest BCUT2D eigenvalue weighted by atomic mass is 9.84. The molecule has 1 aliphatic carbocycles. The van der Waals surface area contributed by atoms with E-state index in [4.69, 9.17) is 22.4 Å². The zero-order chi connectivity index (χ0) is 25.2. The van der Waals surface area contributed by atoms with Gasteiger partial charge in [0.25, 0.3) is 0 Å². The quantitative estimate of drug-likeness (QED) is 0.279. The topological polar surface area (TPSA) is 127 Å². The number of rotatable bonds is 5. The Morgan fingerprint density at radius 3 is 2.51 bits per heavy atom. The summed E-state index contributed by atoms with van der Waals surface area (Å²) in [6.45, 7) is 7.80. The van der Waals surface area contributed by atoms with Crippen LogP contribution in [0.2, 0.25) is 0 Å². The van der Waals surface area contributed by atoms with Crippen molar-refractivity contribution < 1.29 is 14.6 Å². The van der Waals surface area contributed by atoms with Crippen LogP contribution < -0.4 is 20.3 Å². The largest absolute Gasteiger partial charge is 0.489 e. The van der Waals surface area contributed by atoms with Gasteiger partial charge in [-0.15, -0.1) is 0 Å². The lowest BCUT2D eigenvalue weighted by Gasteiger charge is -2.46. The van der Waals surface area contributed by atoms with Crippen LogP contribution in [0.4, 0.5) is 16.3 Å². The number of pyridine rings is 2. The molecule has 4 rings (SSSR count). The van der Waals surface area contributed by atoms with Gasteiger partial charge in [0.05, 0.1) is 30.2 Å². The van der Waals surface area contributed by atoms with Crippen molar-refractivity contribution in [3.8, 4) is 5.75 Å². The second-order valence-electron chi connectivity index (χ2n) is 9.86. The third-order valence-corrected chi connectivity index (χ3v) is 6.24. The highest BCUT2D eigenvalue weighted by molar-refractivity contribution is 7.80. The lowest BCUT2D eigenvalue weighted by molar-refractivity contribution is 0.0748. The number of anilines is 2. The van der Waals surface area contributed by atoms with Crippen LogP contribution in [-0.4, -0.2) is 68.8 Å². The van der Waals surface area contributed by atoms with E-state index in [0.29, 0.717) is 43.0 Å². The Balaban J connectivity index is 1.31. The Morgan fingerprint density at radius 2 is 1.94 bits per heavy atom. The first-order valence-corrected chi connectivity index (χ1v) is 12.0. The van der Waals surface area contributed by atoms with Crippen LogP contribution in [-0.2, 0) is 0 Å². The standard InChI is InChI=1S/C24H31N7O3S/c1-24(2,3)19-14-30(10-11-31(19)23(32)33)15-4-9-20(27-12-15)28-22(35)29-21(25)18-8-7-17(13-26-18)34-16-5-6-16/h4,7-9,12-13,16,19H,5-6,10-11,14H2,1-3H3,(H,32,33)(H3,25,27,28,29,35). The number of hydrogen-bond donors (Lipinski definition) is 4. The Morgan fingerprint density at radius 1 is 1.17 bits per heavy atom. The first kappa shape index (κ1) is 24.6. The van der Waals surface area contributed by atoms with E-state index in [9.17, 15) is 9.90 Å². The van der Waals surface area contributed by atoms with Gasteiger partial charge in [0.15, 0.2) is 10.9 Å². The van der Waals surface area contributed by atoms with Gasteiger partial charge in [-0.2, -0.15) is 0 Å². The van der Waals surface area contributed by atoms with Crippen LogP contribution >= 0.6 is 12.2 Å². The van der Waals surface area contributed by atoms with Crippen molar-refractivity contribution in [1.29, 1.82) is 5.41 Å². The third-order valence-electron chi connectivity index (χ3n) is 6.04. The van der Waals surface area contributed by atoms with E-state index < -0.39 is 6.09 Å². The number of nitrogens with one attached hydrogen (secondary N) is 3. The molecule has 0 spiro atoms. The minimum atomic E-state index is -0.883. The van der Waals surface area contributed by atoms with Crippen molar-refractivity contribution >= 4 is 40.8 Å². The van der Waals surface area contributed by atoms with Crippen molar-refractivity contribution in [3.63, 3.8) is 0 Å². The Bertz CT molecular complexity index is 1080. The molecule has 186 valence electrons. The van der Waals surface area contributed by atoms with Gasteiger partial charge in [-0.05, 0) is 54.7 Å². The fraction of sp³-hybridized carbons (Fsp3) is 0.458. The highest BCUT2D eigenvalue weighted by Crippen LogP contribution is 2.30. The molecule has 2 aromatic rings. The summed E-state index contributed by atoms with van der Waals surface area (Å²) in [4.78, 5) is 24.1. The number of hydrogen-bond acceptors (Lipinski definition) is 7. The van der Waals surface area contributed by atoms with E-state index >= 15 is 0 Å². The van der Waals surface area contributed by atoms with Crippen LogP contribution in [0.15, 0.2) is 36.7 Å². The molecule has 1 aliphatic heterocycles. The van der Waals surface area contributed by atoms with Crippen LogP contribution in [0.3, 0.4) is 0 Å². The van der Waals surface area contributed by atoms with Crippen molar-refractivity contribution in [2.24, 2.45) is 5.41 Å². The molecule has 35 heavy (non-hydrogen) atoms. The molecule has 3 heterocycles. The van der Waals surface area contributed by atoms with Crippen molar-refractivity contribution in [1.82, 2.24) is 20.2 Å². The summed E-state index contributed by atoms with van der Waals surface area (Å²) < 4.78 is 5.68. The Labute approximate surface area is 210 Å². The van der Waals surface area contributed by atoms with E-state index in [1.165, 1.54) is 4.90 Å². The van der Waals surface area contributed by atoms with E-state index in [0.717, 1.165) is 18.5 Å². The number of amides is 1. The molecule has 4 N–H and O–H groups in total. The molecule has 0 aromatic carbocycles. The molecule has 1 amide bonds. The second kappa shape index (κ2) is 10.0. The smallest absolute Gasteiger partial charge is 0.407 e. The minimum Gasteiger partial charge on any atom is -0.489 e. The molecular formula is C24H31N7O3S. The van der Waals surface area contributed by atoms with Gasteiger partial charge in [0, 0.05) is 19.6 Å². The molecule has 1 saturated heterocycles. The summed E-state index contributed by atoms with van der Waals surface area (Å²) in [6.07, 6.45) is 4.92. The molecule has 0 bridgehead atoms. The molecule has 11 heteroatoms. The van der Waals surface area contributed by atoms with Gasteiger partial charge >= 0.3 is 6.09 Å². The molecule has 0 radical (unpaired) electrons. The number of thiocarbonyl (C=S) groups is 1. The first-order valence-electron chi connectivity index (χ1n) is 11.6. The van der Waals surface area contributed by atoms with Gasteiger partial charge in [0.1, 0.15) is 17.3 Å². The Kier molecular flexibility index (Phi) is 7.06. The monoisotopic (exact) mass is 497 g/mol. The van der Waals surface area contributed by atoms with E-state index in [1.54, 1.807) is 24.5 Å². The van der Waals surface area contributed by atoms with E-state index in [1.807, 2.05) is 12.1 Å². The number of aromatic nitrogens is 2. The molecule has 1 saturated carbocycles. The predicted octanol–water partition coefficient (Wildman–Crippen LogP) is 3.54. The molecule has 2 fully saturated rings. The number of ether oxygens (including phenoxy) is 1. The van der Waals surface area contributed by atoms with Gasteiger partial charge in [-0.1, -0.05) is 20.8 Å². The van der Waals surface area contributed by atoms with Gasteiger partial charge in [0.2, 0.25) is 0 Å². The number of carbonyl (C=O) groups is 1. The van der Waals surface area contributed by atoms with Crippen LogP contribution in [0, 0.1) is 10.8 Å². The maximum absolute atomic E-state index is 11.7. The highest BCUT2D eigenvalue weighted by Gasteiger charge is 2.38. The van der Waals surface area contributed by atoms with Gasteiger partial charge in [-0.3, -0.25) is 5.41 Å². The summed E-state index contributed by atoms with van der Waals surface area (Å²) >= 11 is 5.33. The van der Waals surface area contributed by atoms with E-state index in [2.05, 4.69) is 46.3 Å². The maximum Gasteiger partial charge on any atom is 0.407 e. The second-order valence-corrected chi connectivity index (χ2v) is 10.3. The SMILES string of the molecule is CC(C)(C)C1CN(c2ccc(NC(=S)NC(=N)c3ccc(OC4CC4)cn3)nc2)CCN1C(=O)O. The molecule has 1 unspecified atom stereocenters. The molecule has 2 aliphatic rings. The van der Waals surface area contributed by atoms with Gasteiger partial charge < -0.3 is 30.3 Å². The van der Waals surface area contributed by atoms with Crippen LogP contribution in [0.1, 0.15) is 39.3 Å².